The Hall–Kier alpha value is -1.94. The molecule has 1 unspecified atom stereocenters. The number of piperidine rings is 3. The molecule has 0 spiro atoms. The molecule has 4 heteroatoms. The lowest BCUT2D eigenvalue weighted by atomic mass is 9.78. The van der Waals surface area contributed by atoms with Crippen LogP contribution in [0.25, 0.3) is 0 Å². The molecule has 3 nitrogen and oxygen atoms in total. The first-order valence-electron chi connectivity index (χ1n) is 8.80. The van der Waals surface area contributed by atoms with Gasteiger partial charge in [0, 0.05) is 12.5 Å². The summed E-state index contributed by atoms with van der Waals surface area (Å²) in [6, 6.07) is 9.97. The van der Waals surface area contributed by atoms with Crippen molar-refractivity contribution >= 4 is 5.91 Å². The van der Waals surface area contributed by atoms with E-state index in [0.29, 0.717) is 5.92 Å². The summed E-state index contributed by atoms with van der Waals surface area (Å²) >= 11 is 0. The second-order valence-electron chi connectivity index (χ2n) is 7.16. The smallest absolute Gasteiger partial charge is 0.227 e. The lowest BCUT2D eigenvalue weighted by Gasteiger charge is -2.44. The van der Waals surface area contributed by atoms with E-state index in [1.165, 1.54) is 12.2 Å². The van der Waals surface area contributed by atoms with Gasteiger partial charge in [0.05, 0.1) is 5.92 Å². The number of carbonyl (C=O) groups excluding carboxylic acids is 1. The Morgan fingerprint density at radius 3 is 2.38 bits per heavy atom. The van der Waals surface area contributed by atoms with Crippen molar-refractivity contribution in [3.63, 3.8) is 0 Å². The van der Waals surface area contributed by atoms with E-state index in [1.54, 1.807) is 0 Å². The molecule has 1 N–H and O–H groups in total. The Balaban J connectivity index is 1.42. The van der Waals surface area contributed by atoms with Gasteiger partial charge < -0.3 is 10.2 Å². The van der Waals surface area contributed by atoms with Crippen LogP contribution in [-0.2, 0) is 4.79 Å². The van der Waals surface area contributed by atoms with Crippen molar-refractivity contribution in [1.29, 1.82) is 0 Å². The van der Waals surface area contributed by atoms with E-state index in [9.17, 15) is 9.18 Å². The molecule has 126 valence electrons. The van der Waals surface area contributed by atoms with Crippen molar-refractivity contribution in [1.82, 2.24) is 10.2 Å². The van der Waals surface area contributed by atoms with Crippen molar-refractivity contribution in [2.45, 2.75) is 24.6 Å². The number of halogens is 1. The predicted octanol–water partition coefficient (Wildman–Crippen LogP) is 3.02. The molecular weight excluding hydrogens is 303 g/mol. The third-order valence-electron chi connectivity index (χ3n) is 5.58. The second kappa shape index (κ2) is 6.17. The molecule has 3 aliphatic heterocycles. The Morgan fingerprint density at radius 2 is 1.79 bits per heavy atom. The van der Waals surface area contributed by atoms with E-state index in [2.05, 4.69) is 10.2 Å². The molecular formula is C20H23FN2O. The highest BCUT2D eigenvalue weighted by Gasteiger charge is 2.40. The third-order valence-corrected chi connectivity index (χ3v) is 5.58. The highest BCUT2D eigenvalue weighted by atomic mass is 19.1. The number of nitrogens with zero attached hydrogens (tertiary/aromatic N) is 1. The zero-order valence-corrected chi connectivity index (χ0v) is 13.7. The van der Waals surface area contributed by atoms with Crippen LogP contribution >= 0.6 is 0 Å². The van der Waals surface area contributed by atoms with Crippen LogP contribution in [0.15, 0.2) is 54.6 Å². The van der Waals surface area contributed by atoms with Crippen molar-refractivity contribution in [2.75, 3.05) is 19.6 Å². The molecule has 4 aliphatic rings. The lowest BCUT2D eigenvalue weighted by Crippen LogP contribution is -2.55. The maximum Gasteiger partial charge on any atom is 0.227 e. The van der Waals surface area contributed by atoms with Crippen LogP contribution in [-0.4, -0.2) is 36.2 Å². The minimum atomic E-state index is -1.87. The van der Waals surface area contributed by atoms with E-state index in [4.69, 9.17) is 0 Å². The first-order chi connectivity index (χ1) is 11.6. The largest absolute Gasteiger partial charge is 0.317 e. The van der Waals surface area contributed by atoms with E-state index >= 15 is 0 Å². The summed E-state index contributed by atoms with van der Waals surface area (Å²) in [7, 11) is 0. The first-order valence-corrected chi connectivity index (χ1v) is 8.80. The summed E-state index contributed by atoms with van der Waals surface area (Å²) in [5.74, 6) is -1.63. The topological polar surface area (TPSA) is 32.3 Å². The van der Waals surface area contributed by atoms with Gasteiger partial charge in [-0.05, 0) is 49.6 Å². The van der Waals surface area contributed by atoms with Gasteiger partial charge in [0.25, 0.3) is 0 Å². The number of allylic oxidation sites excluding steroid dienone is 2. The Kier molecular flexibility index (Phi) is 4.01. The van der Waals surface area contributed by atoms with E-state index in [-0.39, 0.29) is 17.7 Å². The minimum absolute atomic E-state index is 0.0591. The van der Waals surface area contributed by atoms with Crippen LogP contribution in [0, 0.1) is 11.8 Å². The molecule has 3 fully saturated rings. The Labute approximate surface area is 142 Å². The highest BCUT2D eigenvalue weighted by molar-refractivity contribution is 5.80. The Bertz CT molecular complexity index is 647. The summed E-state index contributed by atoms with van der Waals surface area (Å²) in [5.41, 5.74) is 1.12. The zero-order chi connectivity index (χ0) is 16.6. The molecule has 1 aromatic carbocycles. The van der Waals surface area contributed by atoms with Crippen LogP contribution in [0.1, 0.15) is 24.3 Å². The number of benzene rings is 1. The standard InChI is InChI=1S/C20H23FN2O/c21-20(10-6-16(7-11-20)15-4-2-1-3-5-15)22-19(24)18-14-23-12-8-17(18)9-13-23/h1-7,10-11,16-18H,8-9,12-14H2,(H,22,24). The molecule has 0 radical (unpaired) electrons. The van der Waals surface area contributed by atoms with Gasteiger partial charge in [0.1, 0.15) is 0 Å². The number of amides is 1. The molecule has 1 aliphatic carbocycles. The van der Waals surface area contributed by atoms with Crippen molar-refractivity contribution in [3.05, 3.63) is 60.2 Å². The van der Waals surface area contributed by atoms with Crippen LogP contribution in [0.4, 0.5) is 4.39 Å². The number of nitrogens with one attached hydrogen (secondary N) is 1. The van der Waals surface area contributed by atoms with Gasteiger partial charge in [-0.25, -0.2) is 4.39 Å². The number of rotatable bonds is 3. The van der Waals surface area contributed by atoms with Crippen LogP contribution < -0.4 is 5.32 Å². The second-order valence-corrected chi connectivity index (χ2v) is 7.16. The van der Waals surface area contributed by atoms with E-state index < -0.39 is 5.79 Å². The Morgan fingerprint density at radius 1 is 1.12 bits per heavy atom. The van der Waals surface area contributed by atoms with Gasteiger partial charge in [0.2, 0.25) is 11.7 Å². The molecule has 2 bridgehead atoms. The van der Waals surface area contributed by atoms with Crippen LogP contribution in [0.5, 0.6) is 0 Å². The molecule has 1 atom stereocenters. The van der Waals surface area contributed by atoms with Crippen molar-refractivity contribution in [2.24, 2.45) is 11.8 Å². The fraction of sp³-hybridized carbons (Fsp3) is 0.450. The zero-order valence-electron chi connectivity index (χ0n) is 13.7. The molecule has 3 saturated heterocycles. The monoisotopic (exact) mass is 326 g/mol. The number of alkyl halides is 1. The summed E-state index contributed by atoms with van der Waals surface area (Å²) in [6.45, 7) is 2.92. The third kappa shape index (κ3) is 3.03. The fourth-order valence-electron chi connectivity index (χ4n) is 4.13. The van der Waals surface area contributed by atoms with Gasteiger partial charge in [-0.3, -0.25) is 4.79 Å². The first kappa shape index (κ1) is 15.6. The predicted molar refractivity (Wildman–Crippen MR) is 92.1 cm³/mol. The van der Waals surface area contributed by atoms with E-state index in [1.807, 2.05) is 42.5 Å². The van der Waals surface area contributed by atoms with Gasteiger partial charge in [-0.1, -0.05) is 42.5 Å². The molecule has 24 heavy (non-hydrogen) atoms. The van der Waals surface area contributed by atoms with E-state index in [0.717, 1.165) is 38.0 Å². The number of hydrogen-bond acceptors (Lipinski definition) is 2. The van der Waals surface area contributed by atoms with Gasteiger partial charge >= 0.3 is 0 Å². The van der Waals surface area contributed by atoms with Gasteiger partial charge in [-0.15, -0.1) is 0 Å². The summed E-state index contributed by atoms with van der Waals surface area (Å²) < 4.78 is 15.0. The quantitative estimate of drug-likeness (QED) is 0.684. The van der Waals surface area contributed by atoms with Crippen LogP contribution in [0.2, 0.25) is 0 Å². The molecule has 1 amide bonds. The summed E-state index contributed by atoms with van der Waals surface area (Å²) in [6.07, 6.45) is 8.71. The summed E-state index contributed by atoms with van der Waals surface area (Å²) in [5, 5.41) is 2.62. The number of carbonyl (C=O) groups is 1. The number of fused-ring (bicyclic) bond motifs is 3. The van der Waals surface area contributed by atoms with Crippen molar-refractivity contribution in [3.8, 4) is 0 Å². The molecule has 0 aromatic heterocycles. The SMILES string of the molecule is O=C(NC1(F)C=CC(c2ccccc2)C=C1)C1CN2CCC1CC2. The normalized spacial score (nSPS) is 37.4. The molecule has 1 aromatic rings. The average Bonchev–Trinajstić information content (AvgIpc) is 2.64. The van der Waals surface area contributed by atoms with Crippen molar-refractivity contribution < 1.29 is 9.18 Å². The molecule has 3 heterocycles. The van der Waals surface area contributed by atoms with Gasteiger partial charge in [0.15, 0.2) is 0 Å². The maximum atomic E-state index is 15.0. The fourth-order valence-corrected chi connectivity index (χ4v) is 4.13. The number of hydrogen-bond donors (Lipinski definition) is 1. The highest BCUT2D eigenvalue weighted by Crippen LogP contribution is 2.33. The minimum Gasteiger partial charge on any atom is -0.317 e. The lowest BCUT2D eigenvalue weighted by molar-refractivity contribution is -0.133. The molecule has 0 saturated carbocycles. The molecule has 5 rings (SSSR count). The van der Waals surface area contributed by atoms with Gasteiger partial charge in [-0.2, -0.15) is 0 Å². The maximum absolute atomic E-state index is 15.0. The van der Waals surface area contributed by atoms with Crippen LogP contribution in [0.3, 0.4) is 0 Å². The summed E-state index contributed by atoms with van der Waals surface area (Å²) in [4.78, 5) is 14.9. The average molecular weight is 326 g/mol.